The van der Waals surface area contributed by atoms with Crippen LogP contribution in [0, 0.1) is 57.7 Å². The molecule has 0 aliphatic heterocycles. The summed E-state index contributed by atoms with van der Waals surface area (Å²) in [6.45, 7) is 7.56. The summed E-state index contributed by atoms with van der Waals surface area (Å²) < 4.78 is 0. The maximum atomic E-state index is 12.0. The minimum atomic E-state index is 0.433. The molecular formula is C24H37NO. The molecule has 26 heavy (non-hydrogen) atoms. The van der Waals surface area contributed by atoms with Crippen molar-refractivity contribution in [3.8, 4) is 6.07 Å². The summed E-state index contributed by atoms with van der Waals surface area (Å²) in [5.41, 5.74) is 0.937. The van der Waals surface area contributed by atoms with Crippen LogP contribution in [0.4, 0.5) is 0 Å². The molecular weight excluding hydrogens is 318 g/mol. The highest BCUT2D eigenvalue weighted by Gasteiger charge is 2.60. The van der Waals surface area contributed by atoms with Gasteiger partial charge in [0.05, 0.1) is 6.07 Å². The molecule has 4 aliphatic rings. The molecule has 4 fully saturated rings. The zero-order chi connectivity index (χ0) is 18.5. The molecule has 144 valence electrons. The Labute approximate surface area is 160 Å². The molecule has 4 aliphatic carbocycles. The highest BCUT2D eigenvalue weighted by atomic mass is 16.1. The van der Waals surface area contributed by atoms with Crippen LogP contribution in [0.2, 0.25) is 0 Å². The molecule has 0 spiro atoms. The number of rotatable bonds is 3. The third-order valence-electron chi connectivity index (χ3n) is 9.95. The van der Waals surface area contributed by atoms with E-state index in [0.29, 0.717) is 28.4 Å². The Kier molecular flexibility index (Phi) is 4.73. The molecule has 0 heterocycles. The van der Waals surface area contributed by atoms with E-state index in [4.69, 9.17) is 5.26 Å². The van der Waals surface area contributed by atoms with Crippen molar-refractivity contribution in [2.75, 3.05) is 0 Å². The van der Waals surface area contributed by atoms with Crippen LogP contribution in [0.25, 0.3) is 0 Å². The van der Waals surface area contributed by atoms with Crippen LogP contribution < -0.4 is 0 Å². The van der Waals surface area contributed by atoms with Gasteiger partial charge in [-0.2, -0.15) is 5.26 Å². The van der Waals surface area contributed by atoms with E-state index in [2.05, 4.69) is 26.8 Å². The second-order valence-corrected chi connectivity index (χ2v) is 10.8. The lowest BCUT2D eigenvalue weighted by Crippen LogP contribution is -2.53. The van der Waals surface area contributed by atoms with Crippen molar-refractivity contribution in [3.63, 3.8) is 0 Å². The first-order valence-corrected chi connectivity index (χ1v) is 11.3. The number of Topliss-reactive ketones (excluding diaryl/α,β-unsaturated/α-hetero) is 1. The quantitative estimate of drug-likeness (QED) is 0.609. The van der Waals surface area contributed by atoms with E-state index in [1.165, 1.54) is 38.5 Å². The van der Waals surface area contributed by atoms with Crippen molar-refractivity contribution in [1.82, 2.24) is 0 Å². The first-order valence-electron chi connectivity index (χ1n) is 11.3. The average molecular weight is 356 g/mol. The Morgan fingerprint density at radius 1 is 1.08 bits per heavy atom. The molecule has 0 saturated heterocycles. The molecule has 0 unspecified atom stereocenters. The minimum absolute atomic E-state index is 0.433. The number of hydrogen-bond donors (Lipinski definition) is 0. The van der Waals surface area contributed by atoms with Gasteiger partial charge < -0.3 is 0 Å². The topological polar surface area (TPSA) is 40.9 Å². The number of hydrogen-bond acceptors (Lipinski definition) is 2. The Bertz CT molecular complexity index is 606. The van der Waals surface area contributed by atoms with Crippen molar-refractivity contribution in [3.05, 3.63) is 0 Å². The lowest BCUT2D eigenvalue weighted by atomic mass is 9.44. The lowest BCUT2D eigenvalue weighted by molar-refractivity contribution is -0.140. The summed E-state index contributed by atoms with van der Waals surface area (Å²) in [7, 11) is 0. The van der Waals surface area contributed by atoms with Gasteiger partial charge in [0, 0.05) is 19.3 Å². The summed E-state index contributed by atoms with van der Waals surface area (Å²) in [6.07, 6.45) is 12.9. The van der Waals surface area contributed by atoms with Gasteiger partial charge in [-0.05, 0) is 97.7 Å². The van der Waals surface area contributed by atoms with Gasteiger partial charge in [-0.1, -0.05) is 20.8 Å². The maximum Gasteiger partial charge on any atom is 0.133 e. The van der Waals surface area contributed by atoms with E-state index < -0.39 is 0 Å². The van der Waals surface area contributed by atoms with Gasteiger partial charge in [-0.25, -0.2) is 0 Å². The molecule has 0 aromatic carbocycles. The molecule has 8 atom stereocenters. The van der Waals surface area contributed by atoms with E-state index in [-0.39, 0.29) is 0 Å². The van der Waals surface area contributed by atoms with Crippen LogP contribution in [-0.2, 0) is 4.79 Å². The highest BCUT2D eigenvalue weighted by Crippen LogP contribution is 2.68. The normalized spacial score (nSPS) is 48.8. The zero-order valence-corrected chi connectivity index (χ0v) is 17.1. The number of nitriles is 1. The van der Waals surface area contributed by atoms with Gasteiger partial charge in [0.2, 0.25) is 0 Å². The maximum absolute atomic E-state index is 12.0. The van der Waals surface area contributed by atoms with Crippen LogP contribution in [0.1, 0.15) is 91.4 Å². The Morgan fingerprint density at radius 2 is 1.85 bits per heavy atom. The third-order valence-corrected chi connectivity index (χ3v) is 9.95. The standard InChI is InChI=1S/C24H37NO/c1-16(5-4-14-25)20-8-9-21-19-7-6-17-15-18(26)10-12-23(17,2)22(19)11-13-24(20,21)3/h16-17,19-22H,4-13,15H2,1-3H3/t16-,17-,19+,20-,21+,22+,23+,24-/m1/s1. The van der Waals surface area contributed by atoms with Crippen molar-refractivity contribution in [2.24, 2.45) is 46.3 Å². The summed E-state index contributed by atoms with van der Waals surface area (Å²) >= 11 is 0. The summed E-state index contributed by atoms with van der Waals surface area (Å²) in [5, 5.41) is 8.99. The number of carbonyl (C=O) groups is 1. The van der Waals surface area contributed by atoms with Crippen LogP contribution in [0.5, 0.6) is 0 Å². The van der Waals surface area contributed by atoms with Gasteiger partial charge in [0.25, 0.3) is 0 Å². The molecule has 0 amide bonds. The average Bonchev–Trinajstić information content (AvgIpc) is 2.97. The second-order valence-electron chi connectivity index (χ2n) is 10.8. The van der Waals surface area contributed by atoms with Crippen molar-refractivity contribution in [2.45, 2.75) is 91.4 Å². The fourth-order valence-corrected chi connectivity index (χ4v) is 8.51. The molecule has 4 saturated carbocycles. The van der Waals surface area contributed by atoms with Gasteiger partial charge in [-0.15, -0.1) is 0 Å². The third kappa shape index (κ3) is 2.68. The number of ketones is 1. The van der Waals surface area contributed by atoms with Crippen molar-refractivity contribution >= 4 is 5.78 Å². The van der Waals surface area contributed by atoms with E-state index in [9.17, 15) is 4.79 Å². The number of nitrogens with zero attached hydrogens (tertiary/aromatic N) is 1. The smallest absolute Gasteiger partial charge is 0.133 e. The predicted octanol–water partition coefficient (Wildman–Crippen LogP) is 6.15. The van der Waals surface area contributed by atoms with Crippen LogP contribution in [-0.4, -0.2) is 5.78 Å². The fourth-order valence-electron chi connectivity index (χ4n) is 8.51. The van der Waals surface area contributed by atoms with E-state index in [1.54, 1.807) is 0 Å². The largest absolute Gasteiger partial charge is 0.300 e. The first-order chi connectivity index (χ1) is 12.4. The second kappa shape index (κ2) is 6.65. The van der Waals surface area contributed by atoms with E-state index >= 15 is 0 Å². The van der Waals surface area contributed by atoms with Crippen molar-refractivity contribution in [1.29, 1.82) is 5.26 Å². The van der Waals surface area contributed by atoms with E-state index in [1.807, 2.05) is 0 Å². The summed E-state index contributed by atoms with van der Waals surface area (Å²) in [4.78, 5) is 12.0. The Morgan fingerprint density at radius 3 is 2.62 bits per heavy atom. The SMILES string of the molecule is C[C@H](CCC#N)[C@H]1CC[C@H]2[C@@H]3CC[C@@H]4CC(=O)CC[C@]4(C)[C@H]3CC[C@]12C. The number of carbonyl (C=O) groups excluding carboxylic acids is 1. The predicted molar refractivity (Wildman–Crippen MR) is 104 cm³/mol. The summed E-state index contributed by atoms with van der Waals surface area (Å²) in [5.74, 6) is 5.36. The molecule has 0 radical (unpaired) electrons. The van der Waals surface area contributed by atoms with Gasteiger partial charge in [0.1, 0.15) is 5.78 Å². The molecule has 2 nitrogen and oxygen atoms in total. The fraction of sp³-hybridized carbons (Fsp3) is 0.917. The molecule has 0 aromatic heterocycles. The van der Waals surface area contributed by atoms with Gasteiger partial charge in [0.15, 0.2) is 0 Å². The minimum Gasteiger partial charge on any atom is -0.300 e. The van der Waals surface area contributed by atoms with Gasteiger partial charge in [-0.3, -0.25) is 4.79 Å². The first kappa shape index (κ1) is 18.5. The van der Waals surface area contributed by atoms with Crippen LogP contribution >= 0.6 is 0 Å². The molecule has 0 aromatic rings. The number of fused-ring (bicyclic) bond motifs is 5. The molecule has 0 N–H and O–H groups in total. The molecule has 4 rings (SSSR count). The van der Waals surface area contributed by atoms with Crippen LogP contribution in [0.3, 0.4) is 0 Å². The molecule has 2 heteroatoms. The highest BCUT2D eigenvalue weighted by molar-refractivity contribution is 5.79. The van der Waals surface area contributed by atoms with E-state index in [0.717, 1.165) is 55.8 Å². The molecule has 0 bridgehead atoms. The Hall–Kier alpha value is -0.840. The van der Waals surface area contributed by atoms with Gasteiger partial charge >= 0.3 is 0 Å². The monoisotopic (exact) mass is 355 g/mol. The zero-order valence-electron chi connectivity index (χ0n) is 17.1. The van der Waals surface area contributed by atoms with Crippen molar-refractivity contribution < 1.29 is 4.79 Å². The van der Waals surface area contributed by atoms with Crippen LogP contribution in [0.15, 0.2) is 0 Å². The lowest BCUT2D eigenvalue weighted by Gasteiger charge is -2.60. The Balaban J connectivity index is 1.54. The summed E-state index contributed by atoms with van der Waals surface area (Å²) in [6, 6.07) is 2.36.